The van der Waals surface area contributed by atoms with Crippen molar-refractivity contribution in [3.8, 4) is 5.75 Å². The lowest BCUT2D eigenvalue weighted by atomic mass is 10.1. The van der Waals surface area contributed by atoms with Crippen LogP contribution in [0.3, 0.4) is 0 Å². The zero-order chi connectivity index (χ0) is 11.4. The van der Waals surface area contributed by atoms with E-state index in [-0.39, 0.29) is 0 Å². The molecule has 1 atom stereocenters. The van der Waals surface area contributed by atoms with Gasteiger partial charge in [-0.25, -0.2) is 0 Å². The van der Waals surface area contributed by atoms with E-state index < -0.39 is 0 Å². The number of benzene rings is 1. The number of ether oxygens (including phenoxy) is 1. The summed E-state index contributed by atoms with van der Waals surface area (Å²) in [5, 5.41) is 0. The second kappa shape index (κ2) is 5.72. The Labute approximate surface area is 106 Å². The van der Waals surface area contributed by atoms with E-state index in [0.29, 0.717) is 10.9 Å². The Morgan fingerprint density at radius 2 is 2.25 bits per heavy atom. The van der Waals surface area contributed by atoms with Gasteiger partial charge in [0, 0.05) is 4.83 Å². The molecule has 1 fully saturated rings. The average molecular weight is 283 g/mol. The van der Waals surface area contributed by atoms with E-state index in [9.17, 15) is 0 Å². The van der Waals surface area contributed by atoms with Gasteiger partial charge in [-0.05, 0) is 49.8 Å². The molecule has 16 heavy (non-hydrogen) atoms. The van der Waals surface area contributed by atoms with Crippen LogP contribution in [-0.2, 0) is 6.42 Å². The smallest absolute Gasteiger partial charge is 0.119 e. The highest BCUT2D eigenvalue weighted by atomic mass is 79.9. The highest BCUT2D eigenvalue weighted by molar-refractivity contribution is 9.09. The largest absolute Gasteiger partial charge is 0.490 e. The van der Waals surface area contributed by atoms with Crippen LogP contribution >= 0.6 is 15.9 Å². The normalized spacial score (nSPS) is 17.1. The summed E-state index contributed by atoms with van der Waals surface area (Å²) >= 11 is 3.67. The maximum absolute atomic E-state index is 5.79. The summed E-state index contributed by atoms with van der Waals surface area (Å²) in [6.45, 7) is 2.21. The highest BCUT2D eigenvalue weighted by Crippen LogP contribution is 2.27. The number of halogens is 1. The SMILES string of the molecule is CCC(Br)CCc1cccc(OC2CC2)c1. The molecule has 2 heteroatoms. The van der Waals surface area contributed by atoms with Crippen molar-refractivity contribution < 1.29 is 4.74 Å². The molecule has 1 aromatic carbocycles. The first-order valence-electron chi connectivity index (χ1n) is 6.17. The van der Waals surface area contributed by atoms with Crippen molar-refractivity contribution in [2.45, 2.75) is 50.0 Å². The van der Waals surface area contributed by atoms with Gasteiger partial charge in [0.25, 0.3) is 0 Å². The van der Waals surface area contributed by atoms with Crippen LogP contribution in [0.4, 0.5) is 0 Å². The molecule has 0 radical (unpaired) electrons. The van der Waals surface area contributed by atoms with Gasteiger partial charge in [0.1, 0.15) is 5.75 Å². The standard InChI is InChI=1S/C14H19BrO/c1-2-12(15)7-6-11-4-3-5-14(10-11)16-13-8-9-13/h3-5,10,12-13H,2,6-9H2,1H3. The van der Waals surface area contributed by atoms with Gasteiger partial charge in [-0.2, -0.15) is 0 Å². The minimum atomic E-state index is 0.495. The van der Waals surface area contributed by atoms with Crippen molar-refractivity contribution in [3.63, 3.8) is 0 Å². The lowest BCUT2D eigenvalue weighted by molar-refractivity contribution is 0.303. The van der Waals surface area contributed by atoms with Crippen LogP contribution in [0.1, 0.15) is 38.2 Å². The molecular weight excluding hydrogens is 264 g/mol. The van der Waals surface area contributed by atoms with Crippen LogP contribution in [0.5, 0.6) is 5.75 Å². The second-order valence-electron chi connectivity index (χ2n) is 4.51. The first-order chi connectivity index (χ1) is 7.78. The van der Waals surface area contributed by atoms with Gasteiger partial charge < -0.3 is 4.74 Å². The molecule has 0 bridgehead atoms. The van der Waals surface area contributed by atoms with Crippen molar-refractivity contribution in [1.29, 1.82) is 0 Å². The van der Waals surface area contributed by atoms with Crippen LogP contribution in [-0.4, -0.2) is 10.9 Å². The fourth-order valence-corrected chi connectivity index (χ4v) is 1.91. The number of hydrogen-bond donors (Lipinski definition) is 0. The van der Waals surface area contributed by atoms with E-state index in [1.165, 1.54) is 31.2 Å². The molecule has 0 aliphatic heterocycles. The molecule has 0 N–H and O–H groups in total. The molecular formula is C14H19BrO. The zero-order valence-corrected chi connectivity index (χ0v) is 11.4. The summed E-state index contributed by atoms with van der Waals surface area (Å²) < 4.78 is 5.79. The summed E-state index contributed by atoms with van der Waals surface area (Å²) in [7, 11) is 0. The minimum Gasteiger partial charge on any atom is -0.490 e. The van der Waals surface area contributed by atoms with Crippen molar-refractivity contribution in [2.24, 2.45) is 0 Å². The molecule has 1 aromatic rings. The monoisotopic (exact) mass is 282 g/mol. The summed E-state index contributed by atoms with van der Waals surface area (Å²) in [6, 6.07) is 8.54. The second-order valence-corrected chi connectivity index (χ2v) is 5.80. The van der Waals surface area contributed by atoms with Crippen molar-refractivity contribution in [1.82, 2.24) is 0 Å². The molecule has 0 heterocycles. The quantitative estimate of drug-likeness (QED) is 0.706. The number of hydrogen-bond acceptors (Lipinski definition) is 1. The molecule has 2 rings (SSSR count). The Morgan fingerprint density at radius 1 is 1.44 bits per heavy atom. The lowest BCUT2D eigenvalue weighted by Crippen LogP contribution is -1.99. The van der Waals surface area contributed by atoms with Crippen LogP contribution in [0, 0.1) is 0 Å². The van der Waals surface area contributed by atoms with Crippen molar-refractivity contribution in [2.75, 3.05) is 0 Å². The molecule has 1 aliphatic rings. The van der Waals surface area contributed by atoms with E-state index in [1.807, 2.05) is 0 Å². The van der Waals surface area contributed by atoms with Gasteiger partial charge in [-0.15, -0.1) is 0 Å². The fraction of sp³-hybridized carbons (Fsp3) is 0.571. The van der Waals surface area contributed by atoms with Gasteiger partial charge in [0.15, 0.2) is 0 Å². The summed E-state index contributed by atoms with van der Waals surface area (Å²) in [6.07, 6.45) is 6.47. The fourth-order valence-electron chi connectivity index (χ4n) is 1.68. The number of alkyl halides is 1. The van der Waals surface area contributed by atoms with Crippen LogP contribution < -0.4 is 4.74 Å². The maximum Gasteiger partial charge on any atom is 0.119 e. The number of rotatable bonds is 6. The van der Waals surface area contributed by atoms with E-state index in [1.54, 1.807) is 0 Å². The van der Waals surface area contributed by atoms with Gasteiger partial charge in [0.2, 0.25) is 0 Å². The average Bonchev–Trinajstić information content (AvgIpc) is 3.10. The predicted octanol–water partition coefficient (Wildman–Crippen LogP) is 4.33. The predicted molar refractivity (Wildman–Crippen MR) is 71.4 cm³/mol. The third-order valence-electron chi connectivity index (χ3n) is 2.91. The van der Waals surface area contributed by atoms with Gasteiger partial charge in [0.05, 0.1) is 6.10 Å². The molecule has 0 saturated heterocycles. The van der Waals surface area contributed by atoms with Gasteiger partial charge in [-0.1, -0.05) is 35.0 Å². The first-order valence-corrected chi connectivity index (χ1v) is 7.09. The van der Waals surface area contributed by atoms with E-state index in [0.717, 1.165) is 12.2 Å². The van der Waals surface area contributed by atoms with E-state index in [2.05, 4.69) is 47.1 Å². The Bertz CT molecular complexity index is 333. The summed E-state index contributed by atoms with van der Waals surface area (Å²) in [4.78, 5) is 0.639. The Hall–Kier alpha value is -0.500. The summed E-state index contributed by atoms with van der Waals surface area (Å²) in [5.74, 6) is 1.04. The number of aryl methyl sites for hydroxylation is 1. The maximum atomic E-state index is 5.79. The van der Waals surface area contributed by atoms with E-state index >= 15 is 0 Å². The minimum absolute atomic E-state index is 0.495. The van der Waals surface area contributed by atoms with Gasteiger partial charge in [-0.3, -0.25) is 0 Å². The van der Waals surface area contributed by atoms with Crippen molar-refractivity contribution in [3.05, 3.63) is 29.8 Å². The van der Waals surface area contributed by atoms with Crippen LogP contribution in [0.2, 0.25) is 0 Å². The first kappa shape index (κ1) is 12.0. The van der Waals surface area contributed by atoms with Crippen molar-refractivity contribution >= 4 is 15.9 Å². The molecule has 0 spiro atoms. The molecule has 1 unspecified atom stereocenters. The van der Waals surface area contributed by atoms with Crippen LogP contribution in [0.15, 0.2) is 24.3 Å². The third kappa shape index (κ3) is 3.82. The third-order valence-corrected chi connectivity index (χ3v) is 4.02. The molecule has 0 aromatic heterocycles. The molecule has 88 valence electrons. The molecule has 1 nitrogen and oxygen atoms in total. The van der Waals surface area contributed by atoms with E-state index in [4.69, 9.17) is 4.74 Å². The summed E-state index contributed by atoms with van der Waals surface area (Å²) in [5.41, 5.74) is 1.39. The molecule has 0 amide bonds. The zero-order valence-electron chi connectivity index (χ0n) is 9.79. The van der Waals surface area contributed by atoms with Gasteiger partial charge >= 0.3 is 0 Å². The highest BCUT2D eigenvalue weighted by Gasteiger charge is 2.23. The Kier molecular flexibility index (Phi) is 4.28. The Morgan fingerprint density at radius 3 is 2.94 bits per heavy atom. The topological polar surface area (TPSA) is 9.23 Å². The molecule has 1 aliphatic carbocycles. The molecule has 1 saturated carbocycles. The lowest BCUT2D eigenvalue weighted by Gasteiger charge is -2.09. The van der Waals surface area contributed by atoms with Crippen LogP contribution in [0.25, 0.3) is 0 Å². The Balaban J connectivity index is 1.87.